The predicted octanol–water partition coefficient (Wildman–Crippen LogP) is 3.73. The van der Waals surface area contributed by atoms with Crippen LogP contribution in [-0.2, 0) is 0 Å². The number of anilines is 1. The van der Waals surface area contributed by atoms with Gasteiger partial charge in [0.05, 0.1) is 12.2 Å². The summed E-state index contributed by atoms with van der Waals surface area (Å²) < 4.78 is 19.5. The molecule has 0 aliphatic carbocycles. The highest BCUT2D eigenvalue weighted by atomic mass is 19.1. The minimum atomic E-state index is -0.403. The van der Waals surface area contributed by atoms with Crippen molar-refractivity contribution in [2.45, 2.75) is 31.8 Å². The predicted molar refractivity (Wildman–Crippen MR) is 108 cm³/mol. The number of hydrogen-bond donors (Lipinski definition) is 1. The number of carbonyl (C=O) groups is 1. The van der Waals surface area contributed by atoms with Crippen LogP contribution in [0.15, 0.2) is 47.3 Å². The fraction of sp³-hybridized carbons (Fsp3) is 0.381. The van der Waals surface area contributed by atoms with Gasteiger partial charge < -0.3 is 19.5 Å². The van der Waals surface area contributed by atoms with E-state index in [0.717, 1.165) is 31.7 Å². The molecule has 0 saturated carbocycles. The van der Waals surface area contributed by atoms with E-state index in [2.05, 4.69) is 20.2 Å². The SMILES string of the molecule is CC(NC(=O)N(C)C1CCN(c2cnccn2)CC1)c1cc2cccc(F)c2o1. The molecule has 3 heterocycles. The molecule has 152 valence electrons. The summed E-state index contributed by atoms with van der Waals surface area (Å²) in [5.74, 6) is 0.993. The number of aromatic nitrogens is 2. The molecule has 1 N–H and O–H groups in total. The summed E-state index contributed by atoms with van der Waals surface area (Å²) in [5, 5.41) is 3.64. The third-order valence-electron chi connectivity index (χ3n) is 5.49. The number of benzene rings is 1. The number of halogens is 1. The van der Waals surface area contributed by atoms with Gasteiger partial charge in [0, 0.05) is 44.0 Å². The highest BCUT2D eigenvalue weighted by Crippen LogP contribution is 2.26. The number of nitrogens with one attached hydrogen (secondary N) is 1. The third kappa shape index (κ3) is 4.01. The normalized spacial score (nSPS) is 16.0. The smallest absolute Gasteiger partial charge is 0.317 e. The maximum Gasteiger partial charge on any atom is 0.317 e. The molecule has 1 saturated heterocycles. The first-order chi connectivity index (χ1) is 14.0. The molecule has 8 heteroatoms. The number of fused-ring (bicyclic) bond motifs is 1. The molecular weight excluding hydrogens is 373 g/mol. The van der Waals surface area contributed by atoms with E-state index in [-0.39, 0.29) is 23.7 Å². The van der Waals surface area contributed by atoms with Gasteiger partial charge in [-0.1, -0.05) is 12.1 Å². The van der Waals surface area contributed by atoms with Gasteiger partial charge in [-0.15, -0.1) is 0 Å². The highest BCUT2D eigenvalue weighted by Gasteiger charge is 2.27. The maximum absolute atomic E-state index is 13.8. The first-order valence-corrected chi connectivity index (χ1v) is 9.75. The molecule has 1 atom stereocenters. The molecule has 1 aromatic carbocycles. The van der Waals surface area contributed by atoms with Crippen LogP contribution in [-0.4, -0.2) is 47.1 Å². The number of para-hydroxylation sites is 1. The van der Waals surface area contributed by atoms with Gasteiger partial charge in [-0.05, 0) is 31.9 Å². The second kappa shape index (κ2) is 8.06. The van der Waals surface area contributed by atoms with Crippen LogP contribution < -0.4 is 10.2 Å². The summed E-state index contributed by atoms with van der Waals surface area (Å²) in [6, 6.07) is 6.16. The quantitative estimate of drug-likeness (QED) is 0.726. The Hall–Kier alpha value is -3.16. The molecule has 3 aromatic rings. The zero-order chi connectivity index (χ0) is 20.4. The van der Waals surface area contributed by atoms with E-state index in [9.17, 15) is 9.18 Å². The topological polar surface area (TPSA) is 74.5 Å². The Labute approximate surface area is 168 Å². The van der Waals surface area contributed by atoms with Crippen LogP contribution in [0.25, 0.3) is 11.0 Å². The Morgan fingerprint density at radius 2 is 2.14 bits per heavy atom. The van der Waals surface area contributed by atoms with E-state index in [1.165, 1.54) is 6.07 Å². The molecule has 1 aliphatic heterocycles. The Morgan fingerprint density at radius 3 is 2.83 bits per heavy atom. The molecule has 1 fully saturated rings. The van der Waals surface area contributed by atoms with Crippen molar-refractivity contribution in [1.29, 1.82) is 0 Å². The monoisotopic (exact) mass is 397 g/mol. The van der Waals surface area contributed by atoms with Crippen LogP contribution >= 0.6 is 0 Å². The molecule has 0 bridgehead atoms. The Bertz CT molecular complexity index is 985. The molecule has 7 nitrogen and oxygen atoms in total. The number of hydrogen-bond acceptors (Lipinski definition) is 5. The summed E-state index contributed by atoms with van der Waals surface area (Å²) >= 11 is 0. The van der Waals surface area contributed by atoms with Crippen molar-refractivity contribution in [3.63, 3.8) is 0 Å². The first-order valence-electron chi connectivity index (χ1n) is 9.75. The fourth-order valence-corrected chi connectivity index (χ4v) is 3.72. The van der Waals surface area contributed by atoms with Gasteiger partial charge in [0.25, 0.3) is 0 Å². The third-order valence-corrected chi connectivity index (χ3v) is 5.49. The van der Waals surface area contributed by atoms with Crippen LogP contribution in [0.3, 0.4) is 0 Å². The van der Waals surface area contributed by atoms with Crippen molar-refractivity contribution in [2.24, 2.45) is 0 Å². The lowest BCUT2D eigenvalue weighted by atomic mass is 10.0. The molecule has 2 amide bonds. The van der Waals surface area contributed by atoms with Gasteiger partial charge >= 0.3 is 6.03 Å². The van der Waals surface area contributed by atoms with E-state index >= 15 is 0 Å². The van der Waals surface area contributed by atoms with Crippen molar-refractivity contribution in [2.75, 3.05) is 25.0 Å². The summed E-state index contributed by atoms with van der Waals surface area (Å²) in [5.41, 5.74) is 0.216. The fourth-order valence-electron chi connectivity index (χ4n) is 3.72. The maximum atomic E-state index is 13.8. The second-order valence-corrected chi connectivity index (χ2v) is 7.37. The molecule has 0 radical (unpaired) electrons. The van der Waals surface area contributed by atoms with E-state index in [1.54, 1.807) is 41.7 Å². The molecule has 2 aromatic heterocycles. The van der Waals surface area contributed by atoms with Gasteiger partial charge in [-0.25, -0.2) is 14.2 Å². The first kappa shape index (κ1) is 19.2. The number of carbonyl (C=O) groups excluding carboxylic acids is 1. The Balaban J connectivity index is 1.35. The van der Waals surface area contributed by atoms with Crippen molar-refractivity contribution < 1.29 is 13.6 Å². The van der Waals surface area contributed by atoms with Gasteiger partial charge in [-0.3, -0.25) is 4.98 Å². The van der Waals surface area contributed by atoms with Crippen molar-refractivity contribution in [3.8, 4) is 0 Å². The number of rotatable bonds is 4. The van der Waals surface area contributed by atoms with Crippen molar-refractivity contribution >= 4 is 22.8 Å². The van der Waals surface area contributed by atoms with Gasteiger partial charge in [0.2, 0.25) is 0 Å². The largest absolute Gasteiger partial charge is 0.456 e. The van der Waals surface area contributed by atoms with E-state index in [1.807, 2.05) is 14.0 Å². The summed E-state index contributed by atoms with van der Waals surface area (Å²) in [6.07, 6.45) is 6.81. The molecule has 1 aliphatic rings. The molecule has 1 unspecified atom stereocenters. The molecule has 29 heavy (non-hydrogen) atoms. The minimum absolute atomic E-state index is 0.142. The molecular formula is C21H24FN5O2. The zero-order valence-electron chi connectivity index (χ0n) is 16.5. The van der Waals surface area contributed by atoms with Crippen molar-refractivity contribution in [3.05, 3.63) is 54.4 Å². The highest BCUT2D eigenvalue weighted by molar-refractivity contribution is 5.79. The number of amides is 2. The minimum Gasteiger partial charge on any atom is -0.456 e. The van der Waals surface area contributed by atoms with Gasteiger partial charge in [0.1, 0.15) is 11.6 Å². The lowest BCUT2D eigenvalue weighted by Gasteiger charge is -2.37. The average Bonchev–Trinajstić information content (AvgIpc) is 3.20. The number of furan rings is 1. The van der Waals surface area contributed by atoms with E-state index in [4.69, 9.17) is 4.42 Å². The van der Waals surface area contributed by atoms with Crippen LogP contribution in [0.2, 0.25) is 0 Å². The summed E-state index contributed by atoms with van der Waals surface area (Å²) in [6.45, 7) is 3.47. The van der Waals surface area contributed by atoms with Crippen molar-refractivity contribution in [1.82, 2.24) is 20.2 Å². The van der Waals surface area contributed by atoms with Crippen LogP contribution in [0.5, 0.6) is 0 Å². The standard InChI is InChI=1S/C21H24FN5O2/c1-14(18-12-15-4-3-5-17(22)20(15)29-18)25-21(28)26(2)16-6-10-27(11-7-16)19-13-23-8-9-24-19/h3-5,8-9,12-14,16H,6-7,10-11H2,1-2H3,(H,25,28). The molecule has 0 spiro atoms. The van der Waals surface area contributed by atoms with Gasteiger partial charge in [0.15, 0.2) is 11.4 Å². The lowest BCUT2D eigenvalue weighted by molar-refractivity contribution is 0.175. The van der Waals surface area contributed by atoms with E-state index < -0.39 is 5.82 Å². The van der Waals surface area contributed by atoms with Crippen LogP contribution in [0.4, 0.5) is 15.0 Å². The van der Waals surface area contributed by atoms with E-state index in [0.29, 0.717) is 11.1 Å². The number of nitrogens with zero attached hydrogens (tertiary/aromatic N) is 4. The molecule has 4 rings (SSSR count). The Kier molecular flexibility index (Phi) is 5.33. The van der Waals surface area contributed by atoms with Crippen LogP contribution in [0, 0.1) is 5.82 Å². The summed E-state index contributed by atoms with van der Waals surface area (Å²) in [4.78, 5) is 25.1. The van der Waals surface area contributed by atoms with Gasteiger partial charge in [-0.2, -0.15) is 0 Å². The Morgan fingerprint density at radius 1 is 1.34 bits per heavy atom. The zero-order valence-corrected chi connectivity index (χ0v) is 16.5. The lowest BCUT2D eigenvalue weighted by Crippen LogP contribution is -2.49. The van der Waals surface area contributed by atoms with Crippen LogP contribution in [0.1, 0.15) is 31.6 Å². The average molecular weight is 397 g/mol. The summed E-state index contributed by atoms with van der Waals surface area (Å²) in [7, 11) is 1.81. The number of piperidine rings is 1. The second-order valence-electron chi connectivity index (χ2n) is 7.37. The number of urea groups is 1.